The number of ether oxygens (including phenoxy) is 1. The van der Waals surface area contributed by atoms with Crippen LogP contribution in [0.1, 0.15) is 31.0 Å². The topological polar surface area (TPSA) is 66.5 Å². The number of carbonyl (C=O) groups is 1. The molecule has 2 N–H and O–H groups in total. The number of hydrogen-bond donors (Lipinski definition) is 2. The molecule has 6 heteroatoms. The maximum atomic E-state index is 12.5. The van der Waals surface area contributed by atoms with Gasteiger partial charge in [-0.1, -0.05) is 18.2 Å². The highest BCUT2D eigenvalue weighted by Crippen LogP contribution is 2.21. The summed E-state index contributed by atoms with van der Waals surface area (Å²) in [5, 5.41) is 6.43. The summed E-state index contributed by atoms with van der Waals surface area (Å²) in [5.74, 6) is 0.858. The molecule has 2 heterocycles. The maximum absolute atomic E-state index is 12.5. The predicted octanol–water partition coefficient (Wildman–Crippen LogP) is 2.13. The highest BCUT2D eigenvalue weighted by Gasteiger charge is 2.25. The smallest absolute Gasteiger partial charge is 0.234 e. The number of pyridine rings is 1. The van der Waals surface area contributed by atoms with Gasteiger partial charge in [-0.05, 0) is 43.2 Å². The second-order valence-electron chi connectivity index (χ2n) is 7.07. The monoisotopic (exact) mass is 368 g/mol. The van der Waals surface area contributed by atoms with Gasteiger partial charge in [0.1, 0.15) is 5.75 Å². The quantitative estimate of drug-likeness (QED) is 0.784. The van der Waals surface area contributed by atoms with Crippen LogP contribution in [0.3, 0.4) is 0 Å². The Bertz CT molecular complexity index is 736. The van der Waals surface area contributed by atoms with E-state index in [0.717, 1.165) is 36.5 Å². The molecular formula is C21H28N4O2. The van der Waals surface area contributed by atoms with Crippen molar-refractivity contribution in [3.8, 4) is 5.75 Å². The molecule has 1 aliphatic heterocycles. The number of carbonyl (C=O) groups excluding carboxylic acids is 1. The van der Waals surface area contributed by atoms with Crippen LogP contribution < -0.4 is 15.4 Å². The number of hydrogen-bond acceptors (Lipinski definition) is 5. The normalized spacial score (nSPS) is 17.7. The van der Waals surface area contributed by atoms with Crippen LogP contribution >= 0.6 is 0 Å². The molecule has 0 aliphatic carbocycles. The van der Waals surface area contributed by atoms with E-state index in [0.29, 0.717) is 13.1 Å². The van der Waals surface area contributed by atoms with Crippen molar-refractivity contribution in [2.75, 3.05) is 26.2 Å². The molecular weight excluding hydrogens is 340 g/mol. The third-order valence-corrected chi connectivity index (χ3v) is 4.53. The molecule has 1 atom stereocenters. The number of nitrogens with zero attached hydrogens (tertiary/aromatic N) is 2. The van der Waals surface area contributed by atoms with Crippen molar-refractivity contribution in [2.24, 2.45) is 0 Å². The molecule has 0 spiro atoms. The van der Waals surface area contributed by atoms with Gasteiger partial charge in [0.2, 0.25) is 5.91 Å². The van der Waals surface area contributed by atoms with E-state index in [1.54, 1.807) is 6.20 Å². The summed E-state index contributed by atoms with van der Waals surface area (Å²) < 4.78 is 5.71. The highest BCUT2D eigenvalue weighted by atomic mass is 16.5. The number of nitrogens with one attached hydrogen (secondary N) is 2. The first-order chi connectivity index (χ1) is 13.1. The van der Waals surface area contributed by atoms with Gasteiger partial charge in [-0.2, -0.15) is 0 Å². The zero-order valence-corrected chi connectivity index (χ0v) is 16.0. The van der Waals surface area contributed by atoms with Gasteiger partial charge in [0.05, 0.1) is 12.6 Å². The summed E-state index contributed by atoms with van der Waals surface area (Å²) in [7, 11) is 0. The number of amides is 1. The van der Waals surface area contributed by atoms with Crippen molar-refractivity contribution in [3.05, 3.63) is 59.9 Å². The molecule has 1 aromatic carbocycles. The van der Waals surface area contributed by atoms with Crippen LogP contribution in [0.2, 0.25) is 0 Å². The molecule has 144 valence electrons. The zero-order valence-electron chi connectivity index (χ0n) is 16.0. The standard InChI is InChI=1S/C21H28N4O2/c1-16(2)27-19-7-3-5-17(11-19)12-24-21(26)15-25-10-9-23-14-20(25)18-6-4-8-22-13-18/h3-8,11,13,16,20,23H,9-10,12,14-15H2,1-2H3,(H,24,26). The second kappa shape index (κ2) is 9.48. The molecule has 3 rings (SSSR count). The summed E-state index contributed by atoms with van der Waals surface area (Å²) >= 11 is 0. The van der Waals surface area contributed by atoms with Crippen molar-refractivity contribution >= 4 is 5.91 Å². The zero-order chi connectivity index (χ0) is 19.1. The first-order valence-corrected chi connectivity index (χ1v) is 9.49. The average molecular weight is 368 g/mol. The van der Waals surface area contributed by atoms with E-state index in [1.165, 1.54) is 0 Å². The van der Waals surface area contributed by atoms with Gasteiger partial charge in [-0.25, -0.2) is 0 Å². The first-order valence-electron chi connectivity index (χ1n) is 9.49. The predicted molar refractivity (Wildman–Crippen MR) is 105 cm³/mol. The van der Waals surface area contributed by atoms with Crippen molar-refractivity contribution in [1.82, 2.24) is 20.5 Å². The Morgan fingerprint density at radius 1 is 1.37 bits per heavy atom. The Labute approximate surface area is 160 Å². The minimum atomic E-state index is 0.0287. The van der Waals surface area contributed by atoms with Crippen molar-refractivity contribution in [3.63, 3.8) is 0 Å². The fourth-order valence-corrected chi connectivity index (χ4v) is 3.28. The minimum Gasteiger partial charge on any atom is -0.491 e. The van der Waals surface area contributed by atoms with Gasteiger partial charge in [0.25, 0.3) is 0 Å². The SMILES string of the molecule is CC(C)Oc1cccc(CNC(=O)CN2CCNCC2c2cccnc2)c1. The van der Waals surface area contributed by atoms with E-state index in [9.17, 15) is 4.79 Å². The van der Waals surface area contributed by atoms with Gasteiger partial charge in [-0.15, -0.1) is 0 Å². The largest absolute Gasteiger partial charge is 0.491 e. The summed E-state index contributed by atoms with van der Waals surface area (Å²) in [6.45, 7) is 7.43. The number of aromatic nitrogens is 1. The van der Waals surface area contributed by atoms with E-state index in [4.69, 9.17) is 4.74 Å². The molecule has 0 radical (unpaired) electrons. The van der Waals surface area contributed by atoms with E-state index in [-0.39, 0.29) is 18.1 Å². The molecule has 2 aromatic rings. The molecule has 1 fully saturated rings. The van der Waals surface area contributed by atoms with Gasteiger partial charge >= 0.3 is 0 Å². The second-order valence-corrected chi connectivity index (χ2v) is 7.07. The molecule has 1 amide bonds. The third kappa shape index (κ3) is 5.77. The fraction of sp³-hybridized carbons (Fsp3) is 0.429. The Morgan fingerprint density at radius 2 is 2.26 bits per heavy atom. The Balaban J connectivity index is 1.55. The molecule has 1 aliphatic rings. The van der Waals surface area contributed by atoms with Gasteiger partial charge in [-0.3, -0.25) is 14.7 Å². The summed E-state index contributed by atoms with van der Waals surface area (Å²) in [6, 6.07) is 12.0. The molecule has 27 heavy (non-hydrogen) atoms. The number of benzene rings is 1. The van der Waals surface area contributed by atoms with Crippen molar-refractivity contribution in [1.29, 1.82) is 0 Å². The highest BCUT2D eigenvalue weighted by molar-refractivity contribution is 5.78. The van der Waals surface area contributed by atoms with E-state index in [1.807, 2.05) is 50.4 Å². The van der Waals surface area contributed by atoms with Crippen LogP contribution in [0.25, 0.3) is 0 Å². The Hall–Kier alpha value is -2.44. The molecule has 6 nitrogen and oxygen atoms in total. The average Bonchev–Trinajstić information content (AvgIpc) is 2.67. The number of rotatable bonds is 7. The lowest BCUT2D eigenvalue weighted by Crippen LogP contribution is -2.49. The maximum Gasteiger partial charge on any atom is 0.234 e. The van der Waals surface area contributed by atoms with Crippen LogP contribution in [0.4, 0.5) is 0 Å². The molecule has 1 unspecified atom stereocenters. The molecule has 1 aromatic heterocycles. The van der Waals surface area contributed by atoms with Crippen molar-refractivity contribution < 1.29 is 9.53 Å². The fourth-order valence-electron chi connectivity index (χ4n) is 3.28. The Morgan fingerprint density at radius 3 is 3.04 bits per heavy atom. The Kier molecular flexibility index (Phi) is 6.79. The van der Waals surface area contributed by atoms with Gasteiger partial charge in [0.15, 0.2) is 0 Å². The number of piperazine rings is 1. The summed E-state index contributed by atoms with van der Waals surface area (Å²) in [5.41, 5.74) is 2.17. The summed E-state index contributed by atoms with van der Waals surface area (Å²) in [4.78, 5) is 18.9. The van der Waals surface area contributed by atoms with Crippen molar-refractivity contribution in [2.45, 2.75) is 32.5 Å². The van der Waals surface area contributed by atoms with E-state index >= 15 is 0 Å². The molecule has 0 bridgehead atoms. The lowest BCUT2D eigenvalue weighted by atomic mass is 10.1. The molecule has 1 saturated heterocycles. The van der Waals surface area contributed by atoms with Gasteiger partial charge < -0.3 is 15.4 Å². The first kappa shape index (κ1) is 19.3. The lowest BCUT2D eigenvalue weighted by molar-refractivity contribution is -0.123. The van der Waals surface area contributed by atoms with Crippen LogP contribution in [0.15, 0.2) is 48.8 Å². The van der Waals surface area contributed by atoms with Crippen LogP contribution in [0.5, 0.6) is 5.75 Å². The van der Waals surface area contributed by atoms with Crippen LogP contribution in [-0.2, 0) is 11.3 Å². The lowest BCUT2D eigenvalue weighted by Gasteiger charge is -2.35. The third-order valence-electron chi connectivity index (χ3n) is 4.53. The minimum absolute atomic E-state index is 0.0287. The van der Waals surface area contributed by atoms with E-state index < -0.39 is 0 Å². The molecule has 0 saturated carbocycles. The van der Waals surface area contributed by atoms with E-state index in [2.05, 4.69) is 26.6 Å². The summed E-state index contributed by atoms with van der Waals surface area (Å²) in [6.07, 6.45) is 3.78. The van der Waals surface area contributed by atoms with Gasteiger partial charge in [0, 0.05) is 44.6 Å². The van der Waals surface area contributed by atoms with Crippen LogP contribution in [0, 0.1) is 0 Å². The van der Waals surface area contributed by atoms with Crippen LogP contribution in [-0.4, -0.2) is 48.1 Å².